The number of aromatic nitrogens is 12. The third-order valence-corrected chi connectivity index (χ3v) is 20.8. The summed E-state index contributed by atoms with van der Waals surface area (Å²) in [7, 11) is 0. The van der Waals surface area contributed by atoms with Gasteiger partial charge in [0.15, 0.2) is 5.82 Å². The van der Waals surface area contributed by atoms with Crippen molar-refractivity contribution >= 4 is 131 Å². The average molecular weight is 1300 g/mol. The molecule has 0 saturated heterocycles. The van der Waals surface area contributed by atoms with Gasteiger partial charge in [-0.05, 0) is 170 Å². The Balaban J connectivity index is 0.850. The predicted octanol–water partition coefficient (Wildman–Crippen LogP) is 21.6. The molecular weight excluding hydrogens is 1250 g/mol. The van der Waals surface area contributed by atoms with Gasteiger partial charge in [-0.1, -0.05) is 133 Å². The van der Waals surface area contributed by atoms with Crippen LogP contribution in [0.3, 0.4) is 0 Å². The fourth-order valence-corrected chi connectivity index (χ4v) is 16.4. The molecule has 0 atom stereocenters. The van der Waals surface area contributed by atoms with Crippen LogP contribution in [-0.4, -0.2) is 57.3 Å². The lowest BCUT2D eigenvalue weighted by atomic mass is 10.1. The highest BCUT2D eigenvalue weighted by atomic mass is 15.1. The molecule has 0 amide bonds. The molecule has 0 aliphatic rings. The van der Waals surface area contributed by atoms with Crippen LogP contribution in [0.15, 0.2) is 328 Å². The molecule has 22 rings (SSSR count). The summed E-state index contributed by atoms with van der Waals surface area (Å²) in [5.74, 6) is 0.587. The van der Waals surface area contributed by atoms with Crippen molar-refractivity contribution in [3.8, 4) is 68.0 Å². The minimum atomic E-state index is 0.587. The largest absolute Gasteiger partial charge is 0.309 e. The molecule has 0 N–H and O–H groups in total. The molecule has 0 radical (unpaired) electrons. The van der Waals surface area contributed by atoms with E-state index in [4.69, 9.17) is 29.9 Å². The molecular formula is C90H54N12. The Labute approximate surface area is 581 Å². The van der Waals surface area contributed by atoms with E-state index in [1.807, 2.05) is 61.2 Å². The first-order valence-electron chi connectivity index (χ1n) is 34.3. The summed E-state index contributed by atoms with van der Waals surface area (Å²) >= 11 is 0. The van der Waals surface area contributed by atoms with Crippen LogP contribution in [-0.2, 0) is 0 Å². The highest BCUT2D eigenvalue weighted by molar-refractivity contribution is 6.16. The first-order chi connectivity index (χ1) is 50.6. The van der Waals surface area contributed by atoms with Gasteiger partial charge in [0.2, 0.25) is 0 Å². The van der Waals surface area contributed by atoms with Crippen molar-refractivity contribution in [1.82, 2.24) is 57.3 Å². The maximum absolute atomic E-state index is 5.59. The number of pyridine rings is 4. The molecule has 0 saturated carbocycles. The first-order valence-corrected chi connectivity index (χ1v) is 34.3. The van der Waals surface area contributed by atoms with Gasteiger partial charge in [0.25, 0.3) is 0 Å². The zero-order valence-electron chi connectivity index (χ0n) is 54.5. The van der Waals surface area contributed by atoms with Gasteiger partial charge in [-0.2, -0.15) is 0 Å². The lowest BCUT2D eigenvalue weighted by molar-refractivity contribution is 1.11. The van der Waals surface area contributed by atoms with E-state index >= 15 is 0 Å². The summed E-state index contributed by atoms with van der Waals surface area (Å²) in [6.45, 7) is 0. The van der Waals surface area contributed by atoms with Crippen LogP contribution < -0.4 is 0 Å². The average Bonchev–Trinajstić information content (AvgIpc) is 1.56. The molecule has 102 heavy (non-hydrogen) atoms. The Hall–Kier alpha value is -14.1. The summed E-state index contributed by atoms with van der Waals surface area (Å²) in [6, 6.07) is 109. The molecule has 11 aromatic heterocycles. The van der Waals surface area contributed by atoms with E-state index in [0.717, 1.165) is 194 Å². The predicted molar refractivity (Wildman–Crippen MR) is 416 cm³/mol. The van der Waals surface area contributed by atoms with Gasteiger partial charge >= 0.3 is 0 Å². The minimum Gasteiger partial charge on any atom is -0.309 e. The molecule has 12 nitrogen and oxygen atoms in total. The van der Waals surface area contributed by atoms with Gasteiger partial charge < -0.3 is 9.13 Å². The molecule has 22 aromatic rings. The third kappa shape index (κ3) is 8.25. The van der Waals surface area contributed by atoms with E-state index in [1.165, 1.54) is 0 Å². The van der Waals surface area contributed by atoms with Crippen LogP contribution in [0.25, 0.3) is 199 Å². The molecule has 0 aliphatic heterocycles. The maximum Gasteiger partial charge on any atom is 0.160 e. The molecule has 11 heterocycles. The standard InChI is InChI=1S/C90H54N12/c1-3-19-55(20-4-1)76-54-77(56-21-5-2-6-22-56)96-86(95-76)57-47-62(97-82-39-35-58(99-78-31-11-7-23-64(78)68-27-15-43-91-87(68)99)50-72(82)73-51-59(36-40-83(73)97)100-79-32-12-8-24-65(79)69-28-16-44-92-88(69)100)49-63(48-57)98-84-41-37-60(101-80-33-13-9-25-66(80)70-29-17-45-93-89(70)101)52-74(84)75-53-61(38-42-85(75)98)102-81-34-14-10-26-67(81)71-30-18-46-94-90(71)102/h1-54H. The van der Waals surface area contributed by atoms with E-state index in [-0.39, 0.29) is 0 Å². The molecule has 0 aliphatic carbocycles. The van der Waals surface area contributed by atoms with Gasteiger partial charge in [-0.15, -0.1) is 0 Å². The molecule has 0 spiro atoms. The van der Waals surface area contributed by atoms with Crippen LogP contribution >= 0.6 is 0 Å². The Bertz CT molecular complexity index is 6290. The Kier molecular flexibility index (Phi) is 11.9. The smallest absolute Gasteiger partial charge is 0.160 e. The summed E-state index contributed by atoms with van der Waals surface area (Å²) in [4.78, 5) is 31.5. The summed E-state index contributed by atoms with van der Waals surface area (Å²) in [5, 5.41) is 13.2. The molecule has 474 valence electrons. The van der Waals surface area contributed by atoms with Crippen molar-refractivity contribution in [2.75, 3.05) is 0 Å². The highest BCUT2D eigenvalue weighted by Crippen LogP contribution is 2.44. The van der Waals surface area contributed by atoms with Gasteiger partial charge in [0.05, 0.1) is 55.5 Å². The zero-order valence-corrected chi connectivity index (χ0v) is 54.5. The second-order valence-corrected chi connectivity index (χ2v) is 26.3. The minimum absolute atomic E-state index is 0.587. The van der Waals surface area contributed by atoms with Crippen molar-refractivity contribution < 1.29 is 0 Å². The van der Waals surface area contributed by atoms with Crippen LogP contribution in [0, 0.1) is 0 Å². The Morgan fingerprint density at radius 1 is 0.176 bits per heavy atom. The SMILES string of the molecule is c1ccc(-c2cc(-c3ccccc3)nc(-c3cc(-n4c5ccc(-n6c7ccccc7c7cccnc76)cc5c5cc(-n6c7ccccc7c7cccnc76)ccc54)cc(-n4c5ccc(-n6c7ccccc7c7cccnc76)cc5c5cc(-n6c7ccccc7c7cccnc76)ccc54)c3)n2)cc1. The second-order valence-electron chi connectivity index (χ2n) is 26.3. The van der Waals surface area contributed by atoms with Crippen molar-refractivity contribution in [1.29, 1.82) is 0 Å². The fourth-order valence-electron chi connectivity index (χ4n) is 16.4. The first kappa shape index (κ1) is 56.0. The van der Waals surface area contributed by atoms with Gasteiger partial charge in [-0.25, -0.2) is 29.9 Å². The van der Waals surface area contributed by atoms with Crippen molar-refractivity contribution in [3.63, 3.8) is 0 Å². The summed E-state index contributed by atoms with van der Waals surface area (Å²) in [6.07, 6.45) is 7.56. The number of fused-ring (bicyclic) bond motifs is 18. The highest BCUT2D eigenvalue weighted by Gasteiger charge is 2.25. The monoisotopic (exact) mass is 1300 g/mol. The Morgan fingerprint density at radius 3 is 0.765 bits per heavy atom. The fraction of sp³-hybridized carbons (Fsp3) is 0. The topological polar surface area (TPSA) is 107 Å². The number of benzene rings is 11. The number of rotatable bonds is 9. The number of hydrogen-bond acceptors (Lipinski definition) is 6. The van der Waals surface area contributed by atoms with Crippen molar-refractivity contribution in [2.45, 2.75) is 0 Å². The lowest BCUT2D eigenvalue weighted by Gasteiger charge is -2.17. The van der Waals surface area contributed by atoms with Gasteiger partial charge in [-0.3, -0.25) is 18.3 Å². The van der Waals surface area contributed by atoms with E-state index in [9.17, 15) is 0 Å². The number of para-hydroxylation sites is 4. The van der Waals surface area contributed by atoms with Crippen LogP contribution in [0.2, 0.25) is 0 Å². The zero-order chi connectivity index (χ0) is 66.7. The van der Waals surface area contributed by atoms with Crippen LogP contribution in [0.5, 0.6) is 0 Å². The summed E-state index contributed by atoms with van der Waals surface area (Å²) < 4.78 is 14.1. The summed E-state index contributed by atoms with van der Waals surface area (Å²) in [5.41, 5.74) is 22.3. The lowest BCUT2D eigenvalue weighted by Crippen LogP contribution is -2.03. The second kappa shape index (κ2) is 21.7. The number of nitrogens with zero attached hydrogens (tertiary/aromatic N) is 12. The van der Waals surface area contributed by atoms with Crippen molar-refractivity contribution in [2.24, 2.45) is 0 Å². The molecule has 11 aromatic carbocycles. The Morgan fingerprint density at radius 2 is 0.451 bits per heavy atom. The third-order valence-electron chi connectivity index (χ3n) is 20.8. The molecule has 0 unspecified atom stereocenters. The van der Waals surface area contributed by atoms with E-state index in [2.05, 4.69) is 294 Å². The quantitative estimate of drug-likeness (QED) is 0.142. The van der Waals surface area contributed by atoms with Gasteiger partial charge in [0.1, 0.15) is 22.6 Å². The van der Waals surface area contributed by atoms with E-state index < -0.39 is 0 Å². The normalized spacial score (nSPS) is 12.1. The van der Waals surface area contributed by atoms with Gasteiger partial charge in [0, 0.05) is 140 Å². The maximum atomic E-state index is 5.59. The van der Waals surface area contributed by atoms with Crippen LogP contribution in [0.1, 0.15) is 0 Å². The van der Waals surface area contributed by atoms with Crippen LogP contribution in [0.4, 0.5) is 0 Å². The van der Waals surface area contributed by atoms with E-state index in [1.54, 1.807) is 0 Å². The molecule has 0 fully saturated rings. The number of hydrogen-bond donors (Lipinski definition) is 0. The van der Waals surface area contributed by atoms with E-state index in [0.29, 0.717) is 5.82 Å². The van der Waals surface area contributed by atoms with Crippen molar-refractivity contribution in [3.05, 3.63) is 328 Å². The molecule has 0 bridgehead atoms. The molecule has 12 heteroatoms.